The van der Waals surface area contributed by atoms with Crippen LogP contribution in [0, 0.1) is 13.8 Å². The van der Waals surface area contributed by atoms with Gasteiger partial charge in [-0.05, 0) is 48.2 Å². The van der Waals surface area contributed by atoms with E-state index in [0.717, 1.165) is 23.0 Å². The Morgan fingerprint density at radius 2 is 1.81 bits per heavy atom. The Hall–Kier alpha value is -3.32. The molecule has 0 atom stereocenters. The maximum atomic E-state index is 12.4. The van der Waals surface area contributed by atoms with Gasteiger partial charge in [-0.15, -0.1) is 0 Å². The first-order chi connectivity index (χ1) is 15.1. The average Bonchev–Trinajstić information content (AvgIpc) is 3.46. The second-order valence-corrected chi connectivity index (χ2v) is 8.41. The first kappa shape index (κ1) is 20.9. The molecule has 6 nitrogen and oxygen atoms in total. The number of aromatic nitrogens is 4. The summed E-state index contributed by atoms with van der Waals surface area (Å²) in [5, 5.41) is 3.80. The molecule has 1 N–H and O–H groups in total. The van der Waals surface area contributed by atoms with Crippen molar-refractivity contribution in [3.05, 3.63) is 95.8 Å². The third kappa shape index (κ3) is 5.44. The van der Waals surface area contributed by atoms with Gasteiger partial charge in [0, 0.05) is 43.6 Å². The molecule has 158 valence electrons. The molecule has 2 aromatic heterocycles. The number of carbonyl (C=O) groups excluding carboxylic acids is 1. The van der Waals surface area contributed by atoms with Crippen LogP contribution in [-0.4, -0.2) is 30.8 Å². The summed E-state index contributed by atoms with van der Waals surface area (Å²) in [5.74, 6) is 0.308. The fraction of sp³-hybridized carbons (Fsp3) is 0.208. The molecule has 0 spiro atoms. The number of benzene rings is 2. The molecule has 0 bridgehead atoms. The van der Waals surface area contributed by atoms with Crippen LogP contribution in [0.15, 0.2) is 78.7 Å². The van der Waals surface area contributed by atoms with Gasteiger partial charge in [-0.25, -0.2) is 9.97 Å². The smallest absolute Gasteiger partial charge is 0.230 e. The van der Waals surface area contributed by atoms with E-state index in [2.05, 4.69) is 59.5 Å². The molecule has 0 radical (unpaired) electrons. The number of thioether (sulfide) groups is 1. The zero-order valence-electron chi connectivity index (χ0n) is 17.7. The van der Waals surface area contributed by atoms with E-state index in [1.54, 1.807) is 18.7 Å². The van der Waals surface area contributed by atoms with Gasteiger partial charge in [0.15, 0.2) is 5.16 Å². The maximum absolute atomic E-state index is 12.4. The molecule has 0 unspecified atom stereocenters. The van der Waals surface area contributed by atoms with Crippen LogP contribution in [0.25, 0.3) is 5.69 Å². The SMILES string of the molecule is Cc1ccc(-n2ccnc2SCC(=O)NCc2ccc(Cn3ccnc3)cc2)cc1C. The Morgan fingerprint density at radius 3 is 2.55 bits per heavy atom. The van der Waals surface area contributed by atoms with Crippen LogP contribution in [-0.2, 0) is 17.9 Å². The second-order valence-electron chi connectivity index (χ2n) is 7.47. The number of hydrogen-bond donors (Lipinski definition) is 1. The molecular formula is C24H25N5OS. The molecular weight excluding hydrogens is 406 g/mol. The normalized spacial score (nSPS) is 10.9. The van der Waals surface area contributed by atoms with Crippen LogP contribution in [0.1, 0.15) is 22.3 Å². The summed E-state index contributed by atoms with van der Waals surface area (Å²) in [4.78, 5) is 20.8. The number of hydrogen-bond acceptors (Lipinski definition) is 4. The van der Waals surface area contributed by atoms with E-state index in [1.165, 1.54) is 28.5 Å². The Kier molecular flexibility index (Phi) is 6.52. The first-order valence-electron chi connectivity index (χ1n) is 10.1. The Morgan fingerprint density at radius 1 is 1.00 bits per heavy atom. The van der Waals surface area contributed by atoms with Crippen LogP contribution in [0.2, 0.25) is 0 Å². The highest BCUT2D eigenvalue weighted by molar-refractivity contribution is 7.99. The molecule has 7 heteroatoms. The van der Waals surface area contributed by atoms with Crippen molar-refractivity contribution < 1.29 is 4.79 Å². The minimum absolute atomic E-state index is 0.0119. The van der Waals surface area contributed by atoms with Gasteiger partial charge in [0.1, 0.15) is 0 Å². The summed E-state index contributed by atoms with van der Waals surface area (Å²) in [6, 6.07) is 14.6. The fourth-order valence-electron chi connectivity index (χ4n) is 3.20. The Balaban J connectivity index is 1.28. The quantitative estimate of drug-likeness (QED) is 0.426. The third-order valence-electron chi connectivity index (χ3n) is 5.14. The van der Waals surface area contributed by atoms with Gasteiger partial charge in [-0.2, -0.15) is 0 Å². The number of aryl methyl sites for hydroxylation is 2. The number of imidazole rings is 2. The largest absolute Gasteiger partial charge is 0.351 e. The lowest BCUT2D eigenvalue weighted by Gasteiger charge is -2.10. The van der Waals surface area contributed by atoms with E-state index in [9.17, 15) is 4.79 Å². The molecule has 4 rings (SSSR count). The van der Waals surface area contributed by atoms with Gasteiger partial charge in [0.2, 0.25) is 5.91 Å². The topological polar surface area (TPSA) is 64.7 Å². The Labute approximate surface area is 186 Å². The van der Waals surface area contributed by atoms with Crippen molar-refractivity contribution in [2.24, 2.45) is 0 Å². The van der Waals surface area contributed by atoms with Gasteiger partial charge in [-0.1, -0.05) is 42.1 Å². The van der Waals surface area contributed by atoms with Crippen molar-refractivity contribution >= 4 is 17.7 Å². The summed E-state index contributed by atoms with van der Waals surface area (Å²) in [6.45, 7) is 5.49. The van der Waals surface area contributed by atoms with Crippen molar-refractivity contribution in [2.75, 3.05) is 5.75 Å². The van der Waals surface area contributed by atoms with E-state index in [-0.39, 0.29) is 5.91 Å². The summed E-state index contributed by atoms with van der Waals surface area (Å²) in [6.07, 6.45) is 9.21. The zero-order chi connectivity index (χ0) is 21.6. The molecule has 0 saturated heterocycles. The summed E-state index contributed by atoms with van der Waals surface area (Å²) in [5.41, 5.74) is 5.81. The summed E-state index contributed by atoms with van der Waals surface area (Å²) in [7, 11) is 0. The van der Waals surface area contributed by atoms with Gasteiger partial charge < -0.3 is 9.88 Å². The maximum Gasteiger partial charge on any atom is 0.230 e. The molecule has 2 heterocycles. The number of nitrogens with zero attached hydrogens (tertiary/aromatic N) is 4. The van der Waals surface area contributed by atoms with Crippen LogP contribution in [0.3, 0.4) is 0 Å². The van der Waals surface area contributed by atoms with Crippen molar-refractivity contribution in [1.82, 2.24) is 24.4 Å². The highest BCUT2D eigenvalue weighted by Crippen LogP contribution is 2.22. The fourth-order valence-corrected chi connectivity index (χ4v) is 4.01. The molecule has 0 fully saturated rings. The van der Waals surface area contributed by atoms with E-state index >= 15 is 0 Å². The lowest BCUT2D eigenvalue weighted by Crippen LogP contribution is -2.24. The third-order valence-corrected chi connectivity index (χ3v) is 6.11. The van der Waals surface area contributed by atoms with Gasteiger partial charge >= 0.3 is 0 Å². The monoisotopic (exact) mass is 431 g/mol. The van der Waals surface area contributed by atoms with Crippen molar-refractivity contribution in [2.45, 2.75) is 32.1 Å². The van der Waals surface area contributed by atoms with Crippen LogP contribution >= 0.6 is 11.8 Å². The van der Waals surface area contributed by atoms with Crippen LogP contribution in [0.5, 0.6) is 0 Å². The molecule has 0 aliphatic carbocycles. The molecule has 0 saturated carbocycles. The zero-order valence-corrected chi connectivity index (χ0v) is 18.5. The van der Waals surface area contributed by atoms with E-state index < -0.39 is 0 Å². The molecule has 1 amide bonds. The molecule has 0 aliphatic rings. The predicted molar refractivity (Wildman–Crippen MR) is 123 cm³/mol. The predicted octanol–water partition coefficient (Wildman–Crippen LogP) is 4.14. The standard InChI is InChI=1S/C24H25N5OS/c1-18-3-8-22(13-19(18)2)29-12-10-26-24(29)31-16-23(30)27-14-20-4-6-21(7-5-20)15-28-11-9-25-17-28/h3-13,17H,14-16H2,1-2H3,(H,27,30). The highest BCUT2D eigenvalue weighted by Gasteiger charge is 2.10. The Bertz CT molecular complexity index is 1150. The summed E-state index contributed by atoms with van der Waals surface area (Å²) < 4.78 is 4.04. The van der Waals surface area contributed by atoms with Crippen molar-refractivity contribution in [1.29, 1.82) is 0 Å². The number of nitrogens with one attached hydrogen (secondary N) is 1. The van der Waals surface area contributed by atoms with Crippen molar-refractivity contribution in [3.63, 3.8) is 0 Å². The number of rotatable bonds is 8. The van der Waals surface area contributed by atoms with Crippen LogP contribution in [0.4, 0.5) is 0 Å². The molecule has 2 aromatic carbocycles. The van der Waals surface area contributed by atoms with E-state index in [4.69, 9.17) is 0 Å². The first-order valence-corrected chi connectivity index (χ1v) is 11.1. The van der Waals surface area contributed by atoms with Gasteiger partial charge in [-0.3, -0.25) is 9.36 Å². The highest BCUT2D eigenvalue weighted by atomic mass is 32.2. The van der Waals surface area contributed by atoms with Gasteiger partial charge in [0.05, 0.1) is 12.1 Å². The lowest BCUT2D eigenvalue weighted by molar-refractivity contribution is -0.118. The number of carbonyl (C=O) groups is 1. The minimum Gasteiger partial charge on any atom is -0.351 e. The number of amides is 1. The van der Waals surface area contributed by atoms with E-state index in [0.29, 0.717) is 12.3 Å². The second kappa shape index (κ2) is 9.66. The summed E-state index contributed by atoms with van der Waals surface area (Å²) >= 11 is 1.44. The van der Waals surface area contributed by atoms with Crippen molar-refractivity contribution in [3.8, 4) is 5.69 Å². The minimum atomic E-state index is -0.0119. The average molecular weight is 432 g/mol. The lowest BCUT2D eigenvalue weighted by atomic mass is 10.1. The van der Waals surface area contributed by atoms with E-state index in [1.807, 2.05) is 33.7 Å². The molecule has 4 aromatic rings. The van der Waals surface area contributed by atoms with Crippen LogP contribution < -0.4 is 5.32 Å². The molecule has 0 aliphatic heterocycles. The molecule has 31 heavy (non-hydrogen) atoms. The van der Waals surface area contributed by atoms with Gasteiger partial charge in [0.25, 0.3) is 0 Å².